The van der Waals surface area contributed by atoms with Crippen molar-refractivity contribution in [3.63, 3.8) is 0 Å². The third-order valence-electron chi connectivity index (χ3n) is 8.10. The number of primary amides is 1. The molecular weight excluding hydrogens is 362 g/mol. The maximum Gasteiger partial charge on any atom is 0.226 e. The van der Waals surface area contributed by atoms with Crippen molar-refractivity contribution in [2.75, 3.05) is 18.0 Å². The molecule has 4 aliphatic carbocycles. The Morgan fingerprint density at radius 2 is 1.66 bits per heavy atom. The predicted molar refractivity (Wildman–Crippen MR) is 113 cm³/mol. The van der Waals surface area contributed by atoms with E-state index in [0.717, 1.165) is 67.7 Å². The lowest BCUT2D eigenvalue weighted by molar-refractivity contribution is -0.146. The Balaban J connectivity index is 1.19. The van der Waals surface area contributed by atoms with Gasteiger partial charge in [-0.25, -0.2) is 0 Å². The van der Waals surface area contributed by atoms with Crippen LogP contribution in [0.3, 0.4) is 0 Å². The summed E-state index contributed by atoms with van der Waals surface area (Å²) in [5, 5.41) is 3.26. The first-order valence-corrected chi connectivity index (χ1v) is 11.4. The number of amides is 2. The minimum Gasteiger partial charge on any atom is -0.371 e. The average molecular weight is 396 g/mol. The highest BCUT2D eigenvalue weighted by Gasteiger charge is 2.54. The van der Waals surface area contributed by atoms with Crippen LogP contribution in [0.5, 0.6) is 0 Å². The van der Waals surface area contributed by atoms with E-state index in [1.807, 2.05) is 0 Å². The summed E-state index contributed by atoms with van der Waals surface area (Å²) in [5.41, 5.74) is 7.69. The molecule has 1 aromatic rings. The van der Waals surface area contributed by atoms with Gasteiger partial charge in [-0.05, 0) is 86.8 Å². The number of rotatable bonds is 5. The quantitative estimate of drug-likeness (QED) is 0.804. The fourth-order valence-corrected chi connectivity index (χ4v) is 7.03. The van der Waals surface area contributed by atoms with Gasteiger partial charge >= 0.3 is 0 Å². The Hall–Kier alpha value is -2.04. The number of nitrogens with one attached hydrogen (secondary N) is 1. The maximum atomic E-state index is 13.1. The number of carbonyl (C=O) groups excluding carboxylic acids is 2. The number of hydrogen-bond donors (Lipinski definition) is 2. The molecule has 1 atom stereocenters. The van der Waals surface area contributed by atoms with Gasteiger partial charge < -0.3 is 16.0 Å². The first kappa shape index (κ1) is 19.0. The number of nitrogens with zero attached hydrogens (tertiary/aromatic N) is 1. The van der Waals surface area contributed by atoms with Gasteiger partial charge in [0.1, 0.15) is 0 Å². The van der Waals surface area contributed by atoms with E-state index in [1.165, 1.54) is 19.3 Å². The molecule has 5 heteroatoms. The van der Waals surface area contributed by atoms with Crippen LogP contribution < -0.4 is 16.0 Å². The average Bonchev–Trinajstić information content (AvgIpc) is 2.71. The molecule has 1 saturated heterocycles. The van der Waals surface area contributed by atoms with Crippen LogP contribution in [0, 0.1) is 29.1 Å². The second kappa shape index (κ2) is 7.33. The normalized spacial score (nSPS) is 35.5. The van der Waals surface area contributed by atoms with Gasteiger partial charge in [-0.1, -0.05) is 12.1 Å². The molecule has 5 aliphatic rings. The number of piperidine rings is 1. The van der Waals surface area contributed by atoms with Gasteiger partial charge in [0, 0.05) is 30.7 Å². The molecule has 5 fully saturated rings. The van der Waals surface area contributed by atoms with Crippen molar-refractivity contribution in [3.8, 4) is 0 Å². The van der Waals surface area contributed by atoms with E-state index in [1.54, 1.807) is 0 Å². The van der Waals surface area contributed by atoms with E-state index >= 15 is 0 Å². The maximum absolute atomic E-state index is 13.1. The highest BCUT2D eigenvalue weighted by Crippen LogP contribution is 2.60. The van der Waals surface area contributed by atoms with Gasteiger partial charge in [-0.15, -0.1) is 0 Å². The highest BCUT2D eigenvalue weighted by atomic mass is 16.2. The molecule has 0 unspecified atom stereocenters. The van der Waals surface area contributed by atoms with Gasteiger partial charge in [0.05, 0.1) is 5.92 Å². The van der Waals surface area contributed by atoms with Crippen LogP contribution in [-0.4, -0.2) is 24.9 Å². The molecule has 6 rings (SSSR count). The van der Waals surface area contributed by atoms with E-state index in [2.05, 4.69) is 34.5 Å². The Labute approximate surface area is 173 Å². The number of hydrogen-bond acceptors (Lipinski definition) is 3. The molecule has 0 aromatic heterocycles. The van der Waals surface area contributed by atoms with Crippen LogP contribution in [0.25, 0.3) is 0 Å². The van der Waals surface area contributed by atoms with Crippen LogP contribution in [0.15, 0.2) is 24.3 Å². The fourth-order valence-electron chi connectivity index (χ4n) is 7.03. The molecule has 29 heavy (non-hydrogen) atoms. The summed E-state index contributed by atoms with van der Waals surface area (Å²) < 4.78 is 0. The second-order valence-corrected chi connectivity index (χ2v) is 10.2. The first-order chi connectivity index (χ1) is 14.0. The van der Waals surface area contributed by atoms with Crippen molar-refractivity contribution in [2.24, 2.45) is 34.8 Å². The van der Waals surface area contributed by atoms with Gasteiger partial charge in [-0.2, -0.15) is 0 Å². The van der Waals surface area contributed by atoms with Crippen molar-refractivity contribution < 1.29 is 9.59 Å². The van der Waals surface area contributed by atoms with Crippen LogP contribution >= 0.6 is 0 Å². The van der Waals surface area contributed by atoms with Gasteiger partial charge in [-0.3, -0.25) is 9.59 Å². The fraction of sp³-hybridized carbons (Fsp3) is 0.667. The lowest BCUT2D eigenvalue weighted by Gasteiger charge is -2.55. The van der Waals surface area contributed by atoms with Crippen molar-refractivity contribution in [3.05, 3.63) is 29.8 Å². The molecule has 4 saturated carbocycles. The molecular formula is C24H33N3O2. The summed E-state index contributed by atoms with van der Waals surface area (Å²) in [6.45, 7) is 2.27. The van der Waals surface area contributed by atoms with E-state index in [-0.39, 0.29) is 17.2 Å². The molecule has 1 aliphatic heterocycles. The van der Waals surface area contributed by atoms with Crippen molar-refractivity contribution in [1.82, 2.24) is 5.32 Å². The van der Waals surface area contributed by atoms with Crippen molar-refractivity contribution in [2.45, 2.75) is 57.9 Å². The molecule has 1 heterocycles. The molecule has 0 radical (unpaired) electrons. The minimum atomic E-state index is -0.196. The molecule has 5 nitrogen and oxygen atoms in total. The lowest BCUT2D eigenvalue weighted by Crippen LogP contribution is -2.53. The summed E-state index contributed by atoms with van der Waals surface area (Å²) in [5.74, 6) is 2.42. The van der Waals surface area contributed by atoms with E-state index < -0.39 is 0 Å². The van der Waals surface area contributed by atoms with E-state index in [4.69, 9.17) is 5.73 Å². The zero-order valence-corrected chi connectivity index (χ0v) is 17.2. The minimum absolute atomic E-state index is 0.0528. The monoisotopic (exact) mass is 395 g/mol. The van der Waals surface area contributed by atoms with Crippen LogP contribution in [0.1, 0.15) is 56.9 Å². The van der Waals surface area contributed by atoms with Crippen molar-refractivity contribution >= 4 is 17.5 Å². The highest BCUT2D eigenvalue weighted by molar-refractivity contribution is 5.83. The predicted octanol–water partition coefficient (Wildman–Crippen LogP) is 3.22. The van der Waals surface area contributed by atoms with Crippen LogP contribution in [0.2, 0.25) is 0 Å². The lowest BCUT2D eigenvalue weighted by atomic mass is 9.49. The van der Waals surface area contributed by atoms with Crippen molar-refractivity contribution in [1.29, 1.82) is 0 Å². The third kappa shape index (κ3) is 3.64. The molecule has 1 aromatic carbocycles. The van der Waals surface area contributed by atoms with Gasteiger partial charge in [0.25, 0.3) is 0 Å². The SMILES string of the molecule is NC(=O)[C@H]1CCCN(c2ccc(CNC(=O)C34CC5CC(CC(C5)C3)C4)cc2)C1. The number of nitrogens with two attached hydrogens (primary N) is 1. The number of anilines is 1. The summed E-state index contributed by atoms with van der Waals surface area (Å²) in [4.78, 5) is 26.9. The molecule has 4 bridgehead atoms. The van der Waals surface area contributed by atoms with Crippen LogP contribution in [0.4, 0.5) is 5.69 Å². The first-order valence-electron chi connectivity index (χ1n) is 11.4. The number of benzene rings is 1. The zero-order valence-electron chi connectivity index (χ0n) is 17.2. The summed E-state index contributed by atoms with van der Waals surface area (Å²) >= 11 is 0. The largest absolute Gasteiger partial charge is 0.371 e. The van der Waals surface area contributed by atoms with Crippen LogP contribution in [-0.2, 0) is 16.1 Å². The molecule has 3 N–H and O–H groups in total. The summed E-state index contributed by atoms with van der Waals surface area (Å²) in [6, 6.07) is 8.41. The van der Waals surface area contributed by atoms with E-state index in [0.29, 0.717) is 19.0 Å². The molecule has 2 amide bonds. The smallest absolute Gasteiger partial charge is 0.226 e. The topological polar surface area (TPSA) is 75.4 Å². The summed E-state index contributed by atoms with van der Waals surface area (Å²) in [7, 11) is 0. The Kier molecular flexibility index (Phi) is 4.79. The third-order valence-corrected chi connectivity index (χ3v) is 8.10. The Morgan fingerprint density at radius 1 is 1.03 bits per heavy atom. The van der Waals surface area contributed by atoms with Gasteiger partial charge in [0.15, 0.2) is 0 Å². The zero-order chi connectivity index (χ0) is 20.0. The molecule has 156 valence electrons. The molecule has 0 spiro atoms. The number of carbonyl (C=O) groups is 2. The second-order valence-electron chi connectivity index (χ2n) is 10.2. The van der Waals surface area contributed by atoms with E-state index in [9.17, 15) is 9.59 Å². The van der Waals surface area contributed by atoms with Gasteiger partial charge in [0.2, 0.25) is 11.8 Å². The Morgan fingerprint density at radius 3 is 2.24 bits per heavy atom. The summed E-state index contributed by atoms with van der Waals surface area (Å²) in [6.07, 6.45) is 9.30. The standard InChI is InChI=1S/C24H33N3O2/c25-22(28)20-2-1-7-27(15-20)21-5-3-16(4-6-21)14-26-23(29)24-11-17-8-18(12-24)10-19(9-17)13-24/h3-6,17-20H,1-2,7-15H2,(H2,25,28)(H,26,29)/t17?,18?,19?,20-,24?/m0/s1. The Bertz CT molecular complexity index is 753.